The summed E-state index contributed by atoms with van der Waals surface area (Å²) in [5.41, 5.74) is 6.33. The first-order valence-electron chi connectivity index (χ1n) is 9.24. The number of nitrogens with zero attached hydrogens (tertiary/aromatic N) is 1. The van der Waals surface area contributed by atoms with Crippen molar-refractivity contribution in [2.75, 3.05) is 26.9 Å². The van der Waals surface area contributed by atoms with Gasteiger partial charge in [0.1, 0.15) is 11.4 Å². The minimum atomic E-state index is -4.80. The number of hydrogen-bond acceptors (Lipinski definition) is 6. The summed E-state index contributed by atoms with van der Waals surface area (Å²) in [6, 6.07) is 4.61. The van der Waals surface area contributed by atoms with E-state index in [2.05, 4.69) is 10.1 Å². The van der Waals surface area contributed by atoms with Crippen molar-refractivity contribution < 1.29 is 32.5 Å². The second-order valence-corrected chi connectivity index (χ2v) is 6.68. The molecular weight excluding hydrogens is 391 g/mol. The van der Waals surface area contributed by atoms with E-state index in [-0.39, 0.29) is 30.5 Å². The summed E-state index contributed by atoms with van der Waals surface area (Å²) in [6.45, 7) is 0.564. The van der Waals surface area contributed by atoms with Crippen LogP contribution in [0.2, 0.25) is 0 Å². The molecule has 1 saturated heterocycles. The molecule has 0 aliphatic carbocycles. The molecule has 162 valence electrons. The van der Waals surface area contributed by atoms with Crippen LogP contribution in [-0.2, 0) is 16.0 Å². The molecule has 0 saturated carbocycles. The van der Waals surface area contributed by atoms with Crippen molar-refractivity contribution in [2.45, 2.75) is 37.7 Å². The predicted molar refractivity (Wildman–Crippen MR) is 99.7 cm³/mol. The number of rotatable bonds is 8. The molecule has 1 aromatic rings. The van der Waals surface area contributed by atoms with Gasteiger partial charge < -0.3 is 30.5 Å². The van der Waals surface area contributed by atoms with Crippen molar-refractivity contribution >= 4 is 5.91 Å². The Labute approximate surface area is 167 Å². The molecule has 2 rings (SSSR count). The Morgan fingerprint density at radius 3 is 2.72 bits per heavy atom. The first-order chi connectivity index (χ1) is 13.7. The number of halogens is 3. The Morgan fingerprint density at radius 2 is 2.14 bits per heavy atom. The fraction of sp³-hybridized carbons (Fsp3) is 0.526. The average molecular weight is 417 g/mol. The molecule has 0 bridgehead atoms. The molecule has 1 atom stereocenters. The van der Waals surface area contributed by atoms with Crippen LogP contribution >= 0.6 is 0 Å². The van der Waals surface area contributed by atoms with Gasteiger partial charge in [-0.2, -0.15) is 0 Å². The van der Waals surface area contributed by atoms with Gasteiger partial charge in [0.2, 0.25) is 0 Å². The summed E-state index contributed by atoms with van der Waals surface area (Å²) in [6.07, 6.45) is -2.15. The van der Waals surface area contributed by atoms with Crippen LogP contribution < -0.4 is 15.8 Å². The van der Waals surface area contributed by atoms with Gasteiger partial charge in [-0.25, -0.2) is 0 Å². The van der Waals surface area contributed by atoms with Gasteiger partial charge in [0.05, 0.1) is 12.6 Å². The summed E-state index contributed by atoms with van der Waals surface area (Å²) in [5, 5.41) is 12.7. The summed E-state index contributed by atoms with van der Waals surface area (Å²) in [4.78, 5) is 14.5. The Kier molecular flexibility index (Phi) is 8.15. The third-order valence-corrected chi connectivity index (χ3v) is 4.57. The van der Waals surface area contributed by atoms with Gasteiger partial charge in [0, 0.05) is 32.5 Å². The predicted octanol–water partition coefficient (Wildman–Crippen LogP) is 1.52. The Bertz CT molecular complexity index is 706. The monoisotopic (exact) mass is 417 g/mol. The fourth-order valence-corrected chi connectivity index (χ4v) is 3.35. The number of aliphatic hydroxyl groups is 1. The summed E-state index contributed by atoms with van der Waals surface area (Å²) in [5.74, 6) is -0.807. The highest BCUT2D eigenvalue weighted by molar-refractivity contribution is 5.92. The van der Waals surface area contributed by atoms with E-state index in [1.165, 1.54) is 29.3 Å². The number of aliphatic hydroxyl groups excluding tert-OH is 1. The Morgan fingerprint density at radius 1 is 1.45 bits per heavy atom. The molecule has 0 aromatic heterocycles. The van der Waals surface area contributed by atoms with E-state index in [1.54, 1.807) is 13.1 Å². The van der Waals surface area contributed by atoms with E-state index in [0.717, 1.165) is 0 Å². The third kappa shape index (κ3) is 6.82. The molecule has 10 heteroatoms. The molecule has 1 aromatic carbocycles. The van der Waals surface area contributed by atoms with E-state index < -0.39 is 18.3 Å². The van der Waals surface area contributed by atoms with E-state index in [4.69, 9.17) is 10.5 Å². The molecule has 29 heavy (non-hydrogen) atoms. The highest BCUT2D eigenvalue weighted by atomic mass is 19.4. The molecule has 1 amide bonds. The molecule has 4 N–H and O–H groups in total. The molecule has 1 aliphatic heterocycles. The number of ether oxygens (including phenoxy) is 2. The molecule has 7 nitrogen and oxygen atoms in total. The number of carbonyl (C=O) groups is 1. The van der Waals surface area contributed by atoms with Crippen molar-refractivity contribution in [3.63, 3.8) is 0 Å². The lowest BCUT2D eigenvalue weighted by Crippen LogP contribution is -2.53. The van der Waals surface area contributed by atoms with Crippen LogP contribution in [0.5, 0.6) is 5.75 Å². The summed E-state index contributed by atoms with van der Waals surface area (Å²) >= 11 is 0. The first-order valence-corrected chi connectivity index (χ1v) is 9.24. The zero-order valence-corrected chi connectivity index (χ0v) is 16.1. The van der Waals surface area contributed by atoms with Gasteiger partial charge in [-0.15, -0.1) is 13.2 Å². The van der Waals surface area contributed by atoms with Gasteiger partial charge in [-0.3, -0.25) is 4.79 Å². The number of nitrogens with two attached hydrogens (primary N) is 1. The van der Waals surface area contributed by atoms with Gasteiger partial charge >= 0.3 is 6.36 Å². The molecule has 1 aliphatic rings. The fourth-order valence-electron chi connectivity index (χ4n) is 3.35. The lowest BCUT2D eigenvalue weighted by molar-refractivity contribution is -0.274. The molecular formula is C19H26F3N3O4. The van der Waals surface area contributed by atoms with E-state index in [0.29, 0.717) is 31.6 Å². The van der Waals surface area contributed by atoms with Crippen LogP contribution in [-0.4, -0.2) is 61.2 Å². The number of carbonyl (C=O) groups excluding carboxylic acids is 1. The van der Waals surface area contributed by atoms with Gasteiger partial charge in [0.25, 0.3) is 5.91 Å². The number of hydrogen-bond donors (Lipinski definition) is 3. The maximum atomic E-state index is 12.9. The summed E-state index contributed by atoms with van der Waals surface area (Å²) < 4.78 is 46.8. The van der Waals surface area contributed by atoms with E-state index >= 15 is 0 Å². The van der Waals surface area contributed by atoms with Crippen molar-refractivity contribution in [3.8, 4) is 5.75 Å². The molecule has 1 fully saturated rings. The Hall–Kier alpha value is -2.46. The number of nitrogens with one attached hydrogen (secondary N) is 1. The number of alkyl halides is 3. The van der Waals surface area contributed by atoms with Gasteiger partial charge in [-0.1, -0.05) is 12.1 Å². The zero-order chi connectivity index (χ0) is 21.4. The second kappa shape index (κ2) is 10.4. The largest absolute Gasteiger partial charge is 0.573 e. The highest BCUT2D eigenvalue weighted by Gasteiger charge is 2.34. The van der Waals surface area contributed by atoms with E-state index in [1.807, 2.05) is 0 Å². The maximum absolute atomic E-state index is 12.9. The van der Waals surface area contributed by atoms with Crippen molar-refractivity contribution in [2.24, 2.45) is 5.73 Å². The molecule has 1 heterocycles. The Balaban J connectivity index is 2.26. The smallest absolute Gasteiger partial charge is 0.406 e. The van der Waals surface area contributed by atoms with Crippen molar-refractivity contribution in [1.82, 2.24) is 10.2 Å². The van der Waals surface area contributed by atoms with Crippen LogP contribution in [0.15, 0.2) is 36.2 Å². The van der Waals surface area contributed by atoms with Gasteiger partial charge in [-0.05, 0) is 37.0 Å². The summed E-state index contributed by atoms with van der Waals surface area (Å²) in [7, 11) is 1.61. The zero-order valence-electron chi connectivity index (χ0n) is 16.1. The minimum absolute atomic E-state index is 0.0217. The van der Waals surface area contributed by atoms with Gasteiger partial charge in [0.15, 0.2) is 0 Å². The van der Waals surface area contributed by atoms with Crippen molar-refractivity contribution in [1.29, 1.82) is 0 Å². The van der Waals surface area contributed by atoms with Crippen molar-refractivity contribution in [3.05, 3.63) is 41.7 Å². The third-order valence-electron chi connectivity index (χ3n) is 4.57. The standard InChI is InChI=1S/C19H26F3N3O4/c1-24-11-17(23)18(27)25(14-5-7-28-8-6-14)15(12-26)9-13-3-2-4-16(10-13)29-19(20,21)22/h2-4,10-11,14-15,24,26H,5-9,12,23H2,1H3/b17-11-. The highest BCUT2D eigenvalue weighted by Crippen LogP contribution is 2.26. The lowest BCUT2D eigenvalue weighted by Gasteiger charge is -2.39. The average Bonchev–Trinajstić information content (AvgIpc) is 2.67. The molecule has 0 radical (unpaired) electrons. The normalized spacial score (nSPS) is 16.9. The quantitative estimate of drug-likeness (QED) is 0.555. The second-order valence-electron chi connectivity index (χ2n) is 6.68. The van der Waals surface area contributed by atoms with Crippen LogP contribution in [0.3, 0.4) is 0 Å². The molecule has 0 spiro atoms. The SMILES string of the molecule is CN/C=C(\N)C(=O)N(C1CCOCC1)C(CO)Cc1cccc(OC(F)(F)F)c1. The topological polar surface area (TPSA) is 97.1 Å². The molecule has 1 unspecified atom stereocenters. The van der Waals surface area contributed by atoms with Crippen LogP contribution in [0, 0.1) is 0 Å². The van der Waals surface area contributed by atoms with Crippen LogP contribution in [0.1, 0.15) is 18.4 Å². The maximum Gasteiger partial charge on any atom is 0.573 e. The first kappa shape index (κ1) is 22.8. The van der Waals surface area contributed by atoms with E-state index in [9.17, 15) is 23.1 Å². The van der Waals surface area contributed by atoms with Crippen LogP contribution in [0.4, 0.5) is 13.2 Å². The number of benzene rings is 1. The lowest BCUT2D eigenvalue weighted by atomic mass is 9.99. The number of amides is 1. The van der Waals surface area contributed by atoms with Crippen LogP contribution in [0.25, 0.3) is 0 Å². The minimum Gasteiger partial charge on any atom is -0.406 e.